The molecule has 0 aromatic heterocycles. The van der Waals surface area contributed by atoms with Crippen LogP contribution in [0.25, 0.3) is 11.1 Å². The maximum absolute atomic E-state index is 6.18. The molecule has 0 heterocycles. The molecule has 2 rings (SSSR count). The van der Waals surface area contributed by atoms with Crippen LogP contribution in [0, 0.1) is 10.5 Å². The fourth-order valence-electron chi connectivity index (χ4n) is 1.63. The number of halogens is 3. The second-order valence-electron chi connectivity index (χ2n) is 3.58. The maximum Gasteiger partial charge on any atom is 0.0485 e. The average molecular weight is 363 g/mol. The third-order valence-corrected chi connectivity index (χ3v) is 3.64. The van der Waals surface area contributed by atoms with E-state index in [1.54, 1.807) is 6.07 Å². The van der Waals surface area contributed by atoms with Crippen LogP contribution in [0.1, 0.15) is 5.56 Å². The molecule has 0 N–H and O–H groups in total. The van der Waals surface area contributed by atoms with E-state index < -0.39 is 0 Å². The monoisotopic (exact) mass is 362 g/mol. The highest BCUT2D eigenvalue weighted by Gasteiger charge is 2.07. The van der Waals surface area contributed by atoms with Gasteiger partial charge in [0.05, 0.1) is 0 Å². The Balaban J connectivity index is 2.62. The third kappa shape index (κ3) is 2.53. The van der Waals surface area contributed by atoms with Gasteiger partial charge in [-0.15, -0.1) is 0 Å². The molecule has 0 unspecified atom stereocenters. The summed E-state index contributed by atoms with van der Waals surface area (Å²) in [5.41, 5.74) is 3.33. The van der Waals surface area contributed by atoms with Crippen molar-refractivity contribution < 1.29 is 0 Å². The van der Waals surface area contributed by atoms with Gasteiger partial charge in [0.15, 0.2) is 0 Å². The first kappa shape index (κ1) is 12.2. The molecular formula is C13H9Cl2I. The molecule has 3 heteroatoms. The Kier molecular flexibility index (Phi) is 3.77. The van der Waals surface area contributed by atoms with E-state index in [4.69, 9.17) is 23.2 Å². The Hall–Kier alpha value is -0.250. The van der Waals surface area contributed by atoms with Crippen molar-refractivity contribution in [2.24, 2.45) is 0 Å². The van der Waals surface area contributed by atoms with Crippen LogP contribution >= 0.6 is 45.8 Å². The Morgan fingerprint density at radius 2 is 1.69 bits per heavy atom. The van der Waals surface area contributed by atoms with E-state index in [2.05, 4.69) is 47.7 Å². The van der Waals surface area contributed by atoms with E-state index in [1.165, 1.54) is 9.13 Å². The Bertz CT molecular complexity index is 535. The van der Waals surface area contributed by atoms with Crippen molar-refractivity contribution in [1.82, 2.24) is 0 Å². The number of benzene rings is 2. The highest BCUT2D eigenvalue weighted by Crippen LogP contribution is 2.33. The van der Waals surface area contributed by atoms with Crippen molar-refractivity contribution in [1.29, 1.82) is 0 Å². The van der Waals surface area contributed by atoms with E-state index in [9.17, 15) is 0 Å². The van der Waals surface area contributed by atoms with E-state index in [0.29, 0.717) is 5.02 Å². The molecule has 2 aromatic carbocycles. The quantitative estimate of drug-likeness (QED) is 0.581. The van der Waals surface area contributed by atoms with Gasteiger partial charge in [0, 0.05) is 19.2 Å². The standard InChI is InChI=1S/C13H9Cl2I/c1-8-6-10(16)3-4-11(8)12-7-9(14)2-5-13(12)15/h2-7H,1H3. The van der Waals surface area contributed by atoms with Crippen LogP contribution < -0.4 is 0 Å². The van der Waals surface area contributed by atoms with Gasteiger partial charge in [0.2, 0.25) is 0 Å². The molecule has 0 aliphatic rings. The third-order valence-electron chi connectivity index (χ3n) is 2.41. The van der Waals surface area contributed by atoms with Gasteiger partial charge in [-0.1, -0.05) is 29.3 Å². The first-order valence-corrected chi connectivity index (χ1v) is 6.63. The summed E-state index contributed by atoms with van der Waals surface area (Å²) in [4.78, 5) is 0. The minimum atomic E-state index is 0.706. The zero-order valence-corrected chi connectivity index (χ0v) is 12.3. The van der Waals surface area contributed by atoms with Gasteiger partial charge in [-0.25, -0.2) is 0 Å². The van der Waals surface area contributed by atoms with E-state index in [-0.39, 0.29) is 0 Å². The molecule has 0 aliphatic heterocycles. The maximum atomic E-state index is 6.18. The van der Waals surface area contributed by atoms with Gasteiger partial charge in [-0.2, -0.15) is 0 Å². The number of hydrogen-bond acceptors (Lipinski definition) is 0. The van der Waals surface area contributed by atoms with Gasteiger partial charge in [0.25, 0.3) is 0 Å². The van der Waals surface area contributed by atoms with E-state index in [0.717, 1.165) is 16.1 Å². The van der Waals surface area contributed by atoms with Gasteiger partial charge in [-0.05, 0) is 71.0 Å². The number of rotatable bonds is 1. The van der Waals surface area contributed by atoms with Crippen LogP contribution in [0.3, 0.4) is 0 Å². The minimum Gasteiger partial charge on any atom is -0.0843 e. The van der Waals surface area contributed by atoms with Crippen LogP contribution in [-0.4, -0.2) is 0 Å². The summed E-state index contributed by atoms with van der Waals surface area (Å²) < 4.78 is 1.22. The molecule has 0 nitrogen and oxygen atoms in total. The lowest BCUT2D eigenvalue weighted by Gasteiger charge is -2.09. The summed E-state index contributed by atoms with van der Waals surface area (Å²) in [5, 5.41) is 1.44. The number of aryl methyl sites for hydroxylation is 1. The largest absolute Gasteiger partial charge is 0.0843 e. The highest BCUT2D eigenvalue weighted by molar-refractivity contribution is 14.1. The van der Waals surface area contributed by atoms with Crippen molar-refractivity contribution >= 4 is 45.8 Å². The zero-order valence-electron chi connectivity index (χ0n) is 8.60. The number of hydrogen-bond donors (Lipinski definition) is 0. The smallest absolute Gasteiger partial charge is 0.0485 e. The molecule has 0 fully saturated rings. The molecule has 0 spiro atoms. The van der Waals surface area contributed by atoms with Crippen LogP contribution in [0.4, 0.5) is 0 Å². The fraction of sp³-hybridized carbons (Fsp3) is 0.0769. The van der Waals surface area contributed by atoms with Crippen molar-refractivity contribution in [3.05, 3.63) is 55.6 Å². The van der Waals surface area contributed by atoms with E-state index >= 15 is 0 Å². The Morgan fingerprint density at radius 3 is 2.38 bits per heavy atom. The van der Waals surface area contributed by atoms with Crippen molar-refractivity contribution in [2.75, 3.05) is 0 Å². The van der Waals surface area contributed by atoms with Crippen molar-refractivity contribution in [3.63, 3.8) is 0 Å². The molecule has 82 valence electrons. The van der Waals surface area contributed by atoms with Gasteiger partial charge in [0.1, 0.15) is 0 Å². The van der Waals surface area contributed by atoms with Gasteiger partial charge in [-0.3, -0.25) is 0 Å². The van der Waals surface area contributed by atoms with Gasteiger partial charge >= 0.3 is 0 Å². The second kappa shape index (κ2) is 4.94. The predicted molar refractivity (Wildman–Crippen MR) is 79.4 cm³/mol. The summed E-state index contributed by atoms with van der Waals surface area (Å²) in [6.45, 7) is 2.08. The SMILES string of the molecule is Cc1cc(I)ccc1-c1cc(Cl)ccc1Cl. The van der Waals surface area contributed by atoms with Crippen molar-refractivity contribution in [3.8, 4) is 11.1 Å². The fourth-order valence-corrected chi connectivity index (χ4v) is 2.67. The molecule has 16 heavy (non-hydrogen) atoms. The molecule has 0 saturated heterocycles. The zero-order chi connectivity index (χ0) is 11.7. The lowest BCUT2D eigenvalue weighted by molar-refractivity contribution is 1.44. The lowest BCUT2D eigenvalue weighted by Crippen LogP contribution is -1.85. The Labute approximate surface area is 119 Å². The normalized spacial score (nSPS) is 10.5. The second-order valence-corrected chi connectivity index (χ2v) is 5.67. The molecule has 0 amide bonds. The summed E-state index contributed by atoms with van der Waals surface area (Å²) in [6.07, 6.45) is 0. The lowest BCUT2D eigenvalue weighted by atomic mass is 10.0. The Morgan fingerprint density at radius 1 is 0.938 bits per heavy atom. The molecule has 0 aliphatic carbocycles. The van der Waals surface area contributed by atoms with Crippen LogP contribution in [0.5, 0.6) is 0 Å². The molecule has 0 saturated carbocycles. The van der Waals surface area contributed by atoms with Gasteiger partial charge < -0.3 is 0 Å². The summed E-state index contributed by atoms with van der Waals surface area (Å²) >= 11 is 14.5. The first-order valence-electron chi connectivity index (χ1n) is 4.79. The predicted octanol–water partition coefficient (Wildman–Crippen LogP) is 5.57. The topological polar surface area (TPSA) is 0 Å². The van der Waals surface area contributed by atoms with Crippen LogP contribution in [0.2, 0.25) is 10.0 Å². The van der Waals surface area contributed by atoms with Crippen LogP contribution in [0.15, 0.2) is 36.4 Å². The highest BCUT2D eigenvalue weighted by atomic mass is 127. The molecule has 0 bridgehead atoms. The van der Waals surface area contributed by atoms with Crippen molar-refractivity contribution in [2.45, 2.75) is 6.92 Å². The molecular weight excluding hydrogens is 354 g/mol. The summed E-state index contributed by atoms with van der Waals surface area (Å²) in [5.74, 6) is 0. The first-order chi connectivity index (χ1) is 7.58. The summed E-state index contributed by atoms with van der Waals surface area (Å²) in [7, 11) is 0. The minimum absolute atomic E-state index is 0.706. The molecule has 0 radical (unpaired) electrons. The average Bonchev–Trinajstić information content (AvgIpc) is 2.22. The molecule has 0 atom stereocenters. The molecule has 2 aromatic rings. The van der Waals surface area contributed by atoms with E-state index in [1.807, 2.05) is 12.1 Å². The summed E-state index contributed by atoms with van der Waals surface area (Å²) in [6, 6.07) is 11.8. The van der Waals surface area contributed by atoms with Crippen LogP contribution in [-0.2, 0) is 0 Å².